The Balaban J connectivity index is 3.27. The van der Waals surface area contributed by atoms with Gasteiger partial charge < -0.3 is 9.84 Å². The van der Waals surface area contributed by atoms with Crippen LogP contribution in [0.5, 0.6) is 5.75 Å². The third kappa shape index (κ3) is 2.61. The molecule has 6 heteroatoms. The normalized spacial score (nSPS) is 10.5. The number of carboxylic acid groups (broad SMARTS) is 1. The highest BCUT2D eigenvalue weighted by molar-refractivity contribution is 5.92. The largest absolute Gasteiger partial charge is 0.478 e. The number of halogens is 3. The van der Waals surface area contributed by atoms with Crippen molar-refractivity contribution >= 4 is 5.97 Å². The first kappa shape index (κ1) is 11.4. The molecule has 0 saturated heterocycles. The van der Waals surface area contributed by atoms with E-state index in [1.807, 2.05) is 0 Å². The van der Waals surface area contributed by atoms with Gasteiger partial charge in [0.25, 0.3) is 0 Å². The van der Waals surface area contributed by atoms with Crippen molar-refractivity contribution in [3.05, 3.63) is 29.1 Å². The minimum absolute atomic E-state index is 0.0261. The summed E-state index contributed by atoms with van der Waals surface area (Å²) in [5.74, 6) is -2.94. The second-order valence-corrected chi connectivity index (χ2v) is 2.78. The lowest BCUT2D eigenvalue weighted by molar-refractivity contribution is -0.0505. The molecule has 82 valence electrons. The van der Waals surface area contributed by atoms with E-state index in [1.165, 1.54) is 6.92 Å². The number of carboxylic acids is 1. The Bertz CT molecular complexity index is 390. The molecule has 0 atom stereocenters. The number of hydrogen-bond donors (Lipinski definition) is 1. The van der Waals surface area contributed by atoms with E-state index in [4.69, 9.17) is 5.11 Å². The molecular formula is C9H7F3O3. The van der Waals surface area contributed by atoms with E-state index >= 15 is 0 Å². The van der Waals surface area contributed by atoms with Gasteiger partial charge in [-0.25, -0.2) is 9.18 Å². The number of ether oxygens (including phenoxy) is 1. The molecular weight excluding hydrogens is 213 g/mol. The predicted molar refractivity (Wildman–Crippen MR) is 44.7 cm³/mol. The highest BCUT2D eigenvalue weighted by Gasteiger charge is 2.18. The highest BCUT2D eigenvalue weighted by Crippen LogP contribution is 2.25. The van der Waals surface area contributed by atoms with Gasteiger partial charge in [0.2, 0.25) is 0 Å². The summed E-state index contributed by atoms with van der Waals surface area (Å²) in [6.07, 6.45) is 0. The van der Waals surface area contributed by atoms with Gasteiger partial charge in [-0.1, -0.05) is 0 Å². The molecule has 0 fully saturated rings. The van der Waals surface area contributed by atoms with Gasteiger partial charge in [0.15, 0.2) is 0 Å². The van der Waals surface area contributed by atoms with Crippen molar-refractivity contribution in [3.63, 3.8) is 0 Å². The van der Waals surface area contributed by atoms with Gasteiger partial charge >= 0.3 is 12.6 Å². The molecule has 0 aliphatic carbocycles. The van der Waals surface area contributed by atoms with Gasteiger partial charge in [-0.05, 0) is 18.6 Å². The molecule has 3 nitrogen and oxygen atoms in total. The Labute approximate surface area is 83.1 Å². The molecule has 1 N–H and O–H groups in total. The van der Waals surface area contributed by atoms with Crippen LogP contribution in [-0.2, 0) is 0 Å². The molecule has 0 aliphatic rings. The Kier molecular flexibility index (Phi) is 3.18. The van der Waals surface area contributed by atoms with Crippen molar-refractivity contribution in [3.8, 4) is 5.75 Å². The highest BCUT2D eigenvalue weighted by atomic mass is 19.3. The maximum atomic E-state index is 12.8. The van der Waals surface area contributed by atoms with Crippen LogP contribution in [0.3, 0.4) is 0 Å². The van der Waals surface area contributed by atoms with E-state index in [-0.39, 0.29) is 5.56 Å². The lowest BCUT2D eigenvalue weighted by Gasteiger charge is -2.10. The minimum atomic E-state index is -3.19. The van der Waals surface area contributed by atoms with Crippen LogP contribution in [0.15, 0.2) is 12.1 Å². The summed E-state index contributed by atoms with van der Waals surface area (Å²) in [5.41, 5.74) is -0.435. The van der Waals surface area contributed by atoms with Crippen LogP contribution >= 0.6 is 0 Å². The van der Waals surface area contributed by atoms with Gasteiger partial charge in [-0.2, -0.15) is 8.78 Å². The Morgan fingerprint density at radius 1 is 1.47 bits per heavy atom. The van der Waals surface area contributed by atoms with Gasteiger partial charge in [-0.3, -0.25) is 0 Å². The SMILES string of the molecule is Cc1cc(F)cc(OC(F)F)c1C(=O)O. The van der Waals surface area contributed by atoms with E-state index < -0.39 is 29.7 Å². The molecule has 0 amide bonds. The van der Waals surface area contributed by atoms with Crippen molar-refractivity contribution in [1.29, 1.82) is 0 Å². The quantitative estimate of drug-likeness (QED) is 0.850. The van der Waals surface area contributed by atoms with Crippen molar-refractivity contribution in [2.24, 2.45) is 0 Å². The van der Waals surface area contributed by atoms with E-state index in [0.29, 0.717) is 6.07 Å². The van der Waals surface area contributed by atoms with Crippen molar-refractivity contribution in [1.82, 2.24) is 0 Å². The minimum Gasteiger partial charge on any atom is -0.478 e. The second kappa shape index (κ2) is 4.20. The molecule has 0 saturated carbocycles. The molecule has 0 unspecified atom stereocenters. The smallest absolute Gasteiger partial charge is 0.387 e. The van der Waals surface area contributed by atoms with Crippen LogP contribution in [0.25, 0.3) is 0 Å². The zero-order valence-electron chi connectivity index (χ0n) is 7.63. The summed E-state index contributed by atoms with van der Waals surface area (Å²) in [4.78, 5) is 10.7. The first-order valence-corrected chi connectivity index (χ1v) is 3.90. The molecule has 0 spiro atoms. The van der Waals surface area contributed by atoms with Gasteiger partial charge in [0.1, 0.15) is 17.1 Å². The fourth-order valence-corrected chi connectivity index (χ4v) is 1.18. The molecule has 0 radical (unpaired) electrons. The number of aryl methyl sites for hydroxylation is 1. The van der Waals surface area contributed by atoms with Crippen molar-refractivity contribution < 1.29 is 27.8 Å². The predicted octanol–water partition coefficient (Wildman–Crippen LogP) is 2.43. The molecule has 0 bridgehead atoms. The van der Waals surface area contributed by atoms with Crippen molar-refractivity contribution in [2.45, 2.75) is 13.5 Å². The van der Waals surface area contributed by atoms with Gasteiger partial charge in [0, 0.05) is 6.07 Å². The Morgan fingerprint density at radius 2 is 2.07 bits per heavy atom. The number of aromatic carboxylic acids is 1. The summed E-state index contributed by atoms with van der Waals surface area (Å²) in [6.45, 7) is -1.89. The molecule has 1 aromatic carbocycles. The fraction of sp³-hybridized carbons (Fsp3) is 0.222. The second-order valence-electron chi connectivity index (χ2n) is 2.78. The summed E-state index contributed by atoms with van der Waals surface area (Å²) in [7, 11) is 0. The number of hydrogen-bond acceptors (Lipinski definition) is 2. The van der Waals surface area contributed by atoms with E-state index in [1.54, 1.807) is 0 Å². The molecule has 0 aromatic heterocycles. The number of benzene rings is 1. The average Bonchev–Trinajstić information content (AvgIpc) is 1.99. The number of alkyl halides is 2. The molecule has 1 rings (SSSR count). The molecule has 0 aliphatic heterocycles. The zero-order valence-corrected chi connectivity index (χ0v) is 7.63. The Morgan fingerprint density at radius 3 is 2.53 bits per heavy atom. The third-order valence-electron chi connectivity index (χ3n) is 1.69. The first-order valence-electron chi connectivity index (χ1n) is 3.90. The van der Waals surface area contributed by atoms with E-state index in [9.17, 15) is 18.0 Å². The van der Waals surface area contributed by atoms with Crippen LogP contribution in [0.1, 0.15) is 15.9 Å². The standard InChI is InChI=1S/C9H7F3O3/c1-4-2-5(10)3-6(15-9(11)12)7(4)8(13)14/h2-3,9H,1H3,(H,13,14). The average molecular weight is 220 g/mol. The van der Waals surface area contributed by atoms with Gasteiger partial charge in [-0.15, -0.1) is 0 Å². The van der Waals surface area contributed by atoms with Gasteiger partial charge in [0.05, 0.1) is 0 Å². The lowest BCUT2D eigenvalue weighted by Crippen LogP contribution is -2.09. The monoisotopic (exact) mass is 220 g/mol. The topological polar surface area (TPSA) is 46.5 Å². The fourth-order valence-electron chi connectivity index (χ4n) is 1.18. The van der Waals surface area contributed by atoms with Crippen LogP contribution in [0.2, 0.25) is 0 Å². The van der Waals surface area contributed by atoms with Crippen molar-refractivity contribution in [2.75, 3.05) is 0 Å². The number of carbonyl (C=O) groups is 1. The number of rotatable bonds is 3. The zero-order chi connectivity index (χ0) is 11.6. The molecule has 1 aromatic rings. The summed E-state index contributed by atoms with van der Waals surface area (Å²) in [6, 6.07) is 1.55. The first-order chi connectivity index (χ1) is 6.91. The Hall–Kier alpha value is -1.72. The molecule has 15 heavy (non-hydrogen) atoms. The van der Waals surface area contributed by atoms with Crippen LogP contribution in [0.4, 0.5) is 13.2 Å². The van der Waals surface area contributed by atoms with Crippen LogP contribution in [0, 0.1) is 12.7 Å². The van der Waals surface area contributed by atoms with Crippen LogP contribution < -0.4 is 4.74 Å². The summed E-state index contributed by atoms with van der Waals surface area (Å²) in [5, 5.41) is 8.70. The summed E-state index contributed by atoms with van der Waals surface area (Å²) < 4.78 is 40.5. The molecule has 0 heterocycles. The third-order valence-corrected chi connectivity index (χ3v) is 1.69. The maximum Gasteiger partial charge on any atom is 0.387 e. The van der Waals surface area contributed by atoms with E-state index in [2.05, 4.69) is 4.74 Å². The van der Waals surface area contributed by atoms with Crippen LogP contribution in [-0.4, -0.2) is 17.7 Å². The summed E-state index contributed by atoms with van der Waals surface area (Å²) >= 11 is 0. The maximum absolute atomic E-state index is 12.8. The lowest BCUT2D eigenvalue weighted by atomic mass is 10.1. The van der Waals surface area contributed by atoms with E-state index in [0.717, 1.165) is 6.07 Å².